The zero-order valence-electron chi connectivity index (χ0n) is 9.07. The van der Waals surface area contributed by atoms with E-state index in [-0.39, 0.29) is 6.61 Å². The fourth-order valence-corrected chi connectivity index (χ4v) is 2.60. The van der Waals surface area contributed by atoms with Gasteiger partial charge in [0.25, 0.3) is 0 Å². The number of nitrogens with one attached hydrogen (secondary N) is 1. The lowest BCUT2D eigenvalue weighted by Gasteiger charge is -2.23. The quantitative estimate of drug-likeness (QED) is 0.830. The molecular weight excluding hydrogens is 233 g/mol. The normalized spacial score (nSPS) is 12.8. The van der Waals surface area contributed by atoms with Gasteiger partial charge in [-0.1, -0.05) is 12.1 Å². The molecule has 0 aliphatic rings. The SMILES string of the molecule is CC(C)(CO)NS(=O)(=O)c1ccccc1F. The number of rotatable bonds is 4. The second-order valence-corrected chi connectivity index (χ2v) is 5.73. The van der Waals surface area contributed by atoms with Gasteiger partial charge in [-0.25, -0.2) is 17.5 Å². The topological polar surface area (TPSA) is 66.4 Å². The third kappa shape index (κ3) is 3.01. The first-order chi connectivity index (χ1) is 7.28. The molecular formula is C10H14FNO3S. The summed E-state index contributed by atoms with van der Waals surface area (Å²) < 4.78 is 39.0. The summed E-state index contributed by atoms with van der Waals surface area (Å²) in [6, 6.07) is 5.08. The van der Waals surface area contributed by atoms with Crippen molar-refractivity contribution in [2.45, 2.75) is 24.3 Å². The molecule has 0 heterocycles. The molecule has 1 aromatic carbocycles. The third-order valence-electron chi connectivity index (χ3n) is 1.93. The molecule has 1 aromatic rings. The van der Waals surface area contributed by atoms with E-state index in [1.165, 1.54) is 32.0 Å². The van der Waals surface area contributed by atoms with Gasteiger partial charge in [-0.3, -0.25) is 0 Å². The first kappa shape index (κ1) is 13.1. The van der Waals surface area contributed by atoms with Crippen molar-refractivity contribution in [1.29, 1.82) is 0 Å². The number of hydrogen-bond donors (Lipinski definition) is 2. The molecule has 0 saturated carbocycles. The van der Waals surface area contributed by atoms with Crippen LogP contribution in [0, 0.1) is 5.82 Å². The highest BCUT2D eigenvalue weighted by Gasteiger charge is 2.27. The molecule has 4 nitrogen and oxygen atoms in total. The van der Waals surface area contributed by atoms with E-state index in [0.717, 1.165) is 6.07 Å². The zero-order valence-corrected chi connectivity index (χ0v) is 9.88. The molecule has 0 aliphatic carbocycles. The molecule has 1 rings (SSSR count). The van der Waals surface area contributed by atoms with Gasteiger partial charge < -0.3 is 5.11 Å². The fourth-order valence-electron chi connectivity index (χ4n) is 1.11. The lowest BCUT2D eigenvalue weighted by Crippen LogP contribution is -2.46. The third-order valence-corrected chi connectivity index (χ3v) is 3.66. The predicted octanol–water partition coefficient (Wildman–Crippen LogP) is 0.875. The number of hydrogen-bond acceptors (Lipinski definition) is 3. The molecule has 0 bridgehead atoms. The van der Waals surface area contributed by atoms with E-state index < -0.39 is 26.3 Å². The van der Waals surface area contributed by atoms with Crippen LogP contribution >= 0.6 is 0 Å². The van der Waals surface area contributed by atoms with Gasteiger partial charge in [0.1, 0.15) is 10.7 Å². The largest absolute Gasteiger partial charge is 0.394 e. The number of halogens is 1. The number of aliphatic hydroxyl groups excluding tert-OH is 1. The minimum absolute atomic E-state index is 0.374. The summed E-state index contributed by atoms with van der Waals surface area (Å²) in [5, 5.41) is 8.95. The minimum atomic E-state index is -3.95. The Hall–Kier alpha value is -0.980. The summed E-state index contributed by atoms with van der Waals surface area (Å²) in [5.74, 6) is -0.816. The summed E-state index contributed by atoms with van der Waals surface area (Å²) in [6.45, 7) is 2.64. The number of benzene rings is 1. The van der Waals surface area contributed by atoms with E-state index in [1.54, 1.807) is 0 Å². The monoisotopic (exact) mass is 247 g/mol. The first-order valence-electron chi connectivity index (χ1n) is 4.68. The molecule has 16 heavy (non-hydrogen) atoms. The Bertz CT molecular complexity index is 471. The van der Waals surface area contributed by atoms with E-state index in [9.17, 15) is 12.8 Å². The summed E-state index contributed by atoms with van der Waals surface area (Å²) in [7, 11) is -3.95. The highest BCUT2D eigenvalue weighted by molar-refractivity contribution is 7.89. The second kappa shape index (κ2) is 4.48. The van der Waals surface area contributed by atoms with E-state index in [4.69, 9.17) is 5.11 Å². The molecule has 6 heteroatoms. The Morgan fingerprint density at radius 1 is 1.38 bits per heavy atom. The smallest absolute Gasteiger partial charge is 0.244 e. The number of sulfonamides is 1. The molecule has 0 aromatic heterocycles. The predicted molar refractivity (Wildman–Crippen MR) is 57.9 cm³/mol. The van der Waals surface area contributed by atoms with Crippen molar-refractivity contribution in [3.05, 3.63) is 30.1 Å². The van der Waals surface area contributed by atoms with Crippen LogP contribution in [0.4, 0.5) is 4.39 Å². The molecule has 0 spiro atoms. The van der Waals surface area contributed by atoms with Crippen LogP contribution in [-0.2, 0) is 10.0 Å². The van der Waals surface area contributed by atoms with Gasteiger partial charge >= 0.3 is 0 Å². The van der Waals surface area contributed by atoms with Gasteiger partial charge in [0.15, 0.2) is 0 Å². The molecule has 0 amide bonds. The summed E-state index contributed by atoms with van der Waals surface area (Å²) in [6.07, 6.45) is 0. The van der Waals surface area contributed by atoms with Crippen LogP contribution < -0.4 is 4.72 Å². The molecule has 0 fully saturated rings. The molecule has 0 atom stereocenters. The van der Waals surface area contributed by atoms with Crippen molar-refractivity contribution >= 4 is 10.0 Å². The molecule has 0 unspecified atom stereocenters. The van der Waals surface area contributed by atoms with Crippen LogP contribution in [0.1, 0.15) is 13.8 Å². The molecule has 0 aliphatic heterocycles. The Kier molecular flexibility index (Phi) is 3.67. The minimum Gasteiger partial charge on any atom is -0.394 e. The van der Waals surface area contributed by atoms with Crippen molar-refractivity contribution in [3.63, 3.8) is 0 Å². The van der Waals surface area contributed by atoms with Crippen LogP contribution in [0.2, 0.25) is 0 Å². The van der Waals surface area contributed by atoms with Crippen LogP contribution in [-0.4, -0.2) is 25.7 Å². The van der Waals surface area contributed by atoms with Crippen molar-refractivity contribution < 1.29 is 17.9 Å². The summed E-state index contributed by atoms with van der Waals surface area (Å²) in [4.78, 5) is -0.420. The Balaban J connectivity index is 3.09. The Labute approximate surface area is 94.2 Å². The van der Waals surface area contributed by atoms with Gasteiger partial charge in [-0.2, -0.15) is 0 Å². The molecule has 0 radical (unpaired) electrons. The van der Waals surface area contributed by atoms with Gasteiger partial charge in [0, 0.05) is 0 Å². The fraction of sp³-hybridized carbons (Fsp3) is 0.400. The van der Waals surface area contributed by atoms with Crippen LogP contribution in [0.3, 0.4) is 0 Å². The highest BCUT2D eigenvalue weighted by atomic mass is 32.2. The van der Waals surface area contributed by atoms with Crippen molar-refractivity contribution in [2.24, 2.45) is 0 Å². The van der Waals surface area contributed by atoms with Gasteiger partial charge in [0.2, 0.25) is 10.0 Å². The van der Waals surface area contributed by atoms with Gasteiger partial charge in [0.05, 0.1) is 12.1 Å². The first-order valence-corrected chi connectivity index (χ1v) is 6.16. The maximum Gasteiger partial charge on any atom is 0.244 e. The standard InChI is InChI=1S/C10H14FNO3S/c1-10(2,7-13)12-16(14,15)9-6-4-3-5-8(9)11/h3-6,12-13H,7H2,1-2H3. The van der Waals surface area contributed by atoms with Crippen molar-refractivity contribution in [3.8, 4) is 0 Å². The lowest BCUT2D eigenvalue weighted by molar-refractivity contribution is 0.208. The van der Waals surface area contributed by atoms with Crippen LogP contribution in [0.15, 0.2) is 29.2 Å². The van der Waals surface area contributed by atoms with E-state index >= 15 is 0 Å². The Morgan fingerprint density at radius 2 is 1.94 bits per heavy atom. The summed E-state index contributed by atoms with van der Waals surface area (Å²) >= 11 is 0. The van der Waals surface area contributed by atoms with Crippen LogP contribution in [0.5, 0.6) is 0 Å². The van der Waals surface area contributed by atoms with E-state index in [1.807, 2.05) is 0 Å². The summed E-state index contributed by atoms with van der Waals surface area (Å²) in [5.41, 5.74) is -1.03. The molecule has 2 N–H and O–H groups in total. The van der Waals surface area contributed by atoms with Gasteiger partial charge in [-0.05, 0) is 26.0 Å². The second-order valence-electron chi connectivity index (χ2n) is 4.08. The lowest BCUT2D eigenvalue weighted by atomic mass is 10.1. The van der Waals surface area contributed by atoms with Crippen molar-refractivity contribution in [1.82, 2.24) is 4.72 Å². The average Bonchev–Trinajstić information content (AvgIpc) is 2.16. The van der Waals surface area contributed by atoms with Gasteiger partial charge in [-0.15, -0.1) is 0 Å². The van der Waals surface area contributed by atoms with E-state index in [0.29, 0.717) is 0 Å². The highest BCUT2D eigenvalue weighted by Crippen LogP contribution is 2.15. The maximum atomic E-state index is 13.3. The molecule has 90 valence electrons. The average molecular weight is 247 g/mol. The van der Waals surface area contributed by atoms with Crippen LogP contribution in [0.25, 0.3) is 0 Å². The molecule has 0 saturated heterocycles. The number of aliphatic hydroxyl groups is 1. The van der Waals surface area contributed by atoms with E-state index in [2.05, 4.69) is 4.72 Å². The zero-order chi connectivity index (χ0) is 12.4. The maximum absolute atomic E-state index is 13.3. The Morgan fingerprint density at radius 3 is 2.44 bits per heavy atom. The van der Waals surface area contributed by atoms with Crippen molar-refractivity contribution in [2.75, 3.05) is 6.61 Å².